The average molecular weight is 653 g/mol. The predicted octanol–water partition coefficient (Wildman–Crippen LogP) is 4.14. The Labute approximate surface area is 277 Å². The monoisotopic (exact) mass is 652 g/mol. The molecule has 48 heavy (non-hydrogen) atoms. The third kappa shape index (κ3) is 6.42. The van der Waals surface area contributed by atoms with Gasteiger partial charge in [-0.3, -0.25) is 24.7 Å². The molecule has 3 heterocycles. The van der Waals surface area contributed by atoms with E-state index >= 15 is 0 Å². The number of non-ortho nitro benzene ring substituents is 1. The fourth-order valence-corrected chi connectivity index (χ4v) is 5.97. The standard InChI is InChI=1S/C34H36N8O6/c1-21-5-10-27-26(15-21)30(33(43)41(27)20-39-11-13-40(14-12-39)24-6-8-25(9-7-24)42(44)45)37-34-36-19-23(32(35)38-34)16-22-17-28(46-2)31(48-4)29(18-22)47-3/h5-10,15,17-19H,11-14,16,20H2,1-4H3,(H2,35,36,38)/b37-30-. The number of nitro benzene ring substituents is 1. The molecule has 0 radical (unpaired) electrons. The second-order valence-electron chi connectivity index (χ2n) is 11.5. The number of aromatic nitrogens is 2. The molecule has 1 aromatic heterocycles. The van der Waals surface area contributed by atoms with E-state index in [0.29, 0.717) is 54.6 Å². The summed E-state index contributed by atoms with van der Waals surface area (Å²) in [6, 6.07) is 16.1. The van der Waals surface area contributed by atoms with Gasteiger partial charge >= 0.3 is 0 Å². The second-order valence-corrected chi connectivity index (χ2v) is 11.5. The SMILES string of the molecule is COc1cc(Cc2cnc(/N=C3\C(=O)N(CN4CCN(c5ccc([N+](=O)[O-])cc5)CC4)c4ccc(C)cc43)nc2N)cc(OC)c1OC. The molecular formula is C34H36N8O6. The van der Waals surface area contributed by atoms with Gasteiger partial charge < -0.3 is 24.8 Å². The van der Waals surface area contributed by atoms with E-state index in [-0.39, 0.29) is 29.1 Å². The van der Waals surface area contributed by atoms with Crippen LogP contribution in [0.25, 0.3) is 0 Å². The summed E-state index contributed by atoms with van der Waals surface area (Å²) < 4.78 is 16.4. The summed E-state index contributed by atoms with van der Waals surface area (Å²) >= 11 is 0. The van der Waals surface area contributed by atoms with Crippen LogP contribution in [0.2, 0.25) is 0 Å². The molecule has 1 saturated heterocycles. The van der Waals surface area contributed by atoms with Gasteiger partial charge in [-0.15, -0.1) is 0 Å². The Morgan fingerprint density at radius 3 is 2.25 bits per heavy atom. The van der Waals surface area contributed by atoms with Gasteiger partial charge in [0.05, 0.1) is 38.6 Å². The molecule has 0 aliphatic carbocycles. The third-order valence-electron chi connectivity index (χ3n) is 8.50. The average Bonchev–Trinajstić information content (AvgIpc) is 3.34. The lowest BCUT2D eigenvalue weighted by Crippen LogP contribution is -2.51. The number of nitrogens with zero attached hydrogens (tertiary/aromatic N) is 7. The molecule has 1 fully saturated rings. The lowest BCUT2D eigenvalue weighted by atomic mass is 10.1. The van der Waals surface area contributed by atoms with Gasteiger partial charge in [0.15, 0.2) is 11.5 Å². The van der Waals surface area contributed by atoms with Crippen LogP contribution in [-0.2, 0) is 11.2 Å². The summed E-state index contributed by atoms with van der Waals surface area (Å²) in [5.74, 6) is 1.65. The van der Waals surface area contributed by atoms with Gasteiger partial charge in [-0.05, 0) is 48.9 Å². The largest absolute Gasteiger partial charge is 0.493 e. The lowest BCUT2D eigenvalue weighted by Gasteiger charge is -2.37. The van der Waals surface area contributed by atoms with Crippen LogP contribution in [0.4, 0.5) is 28.8 Å². The van der Waals surface area contributed by atoms with Crippen LogP contribution in [-0.4, -0.2) is 85.6 Å². The van der Waals surface area contributed by atoms with E-state index in [1.165, 1.54) is 12.1 Å². The molecule has 0 bridgehead atoms. The lowest BCUT2D eigenvalue weighted by molar-refractivity contribution is -0.384. The van der Waals surface area contributed by atoms with E-state index in [1.54, 1.807) is 44.6 Å². The van der Waals surface area contributed by atoms with Crippen molar-refractivity contribution in [3.8, 4) is 17.2 Å². The van der Waals surface area contributed by atoms with Crippen LogP contribution in [0.1, 0.15) is 22.3 Å². The fourth-order valence-electron chi connectivity index (χ4n) is 5.97. The van der Waals surface area contributed by atoms with E-state index in [0.717, 1.165) is 35.6 Å². The zero-order chi connectivity index (χ0) is 33.9. The van der Waals surface area contributed by atoms with Crippen molar-refractivity contribution in [2.24, 2.45) is 4.99 Å². The number of ether oxygens (including phenoxy) is 3. The number of carbonyl (C=O) groups is 1. The zero-order valence-electron chi connectivity index (χ0n) is 27.2. The molecule has 0 saturated carbocycles. The Kier molecular flexibility index (Phi) is 9.08. The van der Waals surface area contributed by atoms with Crippen LogP contribution in [0.15, 0.2) is 65.8 Å². The number of fused-ring (bicyclic) bond motifs is 1. The van der Waals surface area contributed by atoms with Gasteiger partial charge in [0.25, 0.3) is 17.5 Å². The number of rotatable bonds is 10. The maximum atomic E-state index is 13.9. The topological polar surface area (TPSA) is 162 Å². The van der Waals surface area contributed by atoms with Gasteiger partial charge in [0.1, 0.15) is 11.5 Å². The summed E-state index contributed by atoms with van der Waals surface area (Å²) in [7, 11) is 4.66. The van der Waals surface area contributed by atoms with Crippen molar-refractivity contribution in [3.63, 3.8) is 0 Å². The van der Waals surface area contributed by atoms with Crippen molar-refractivity contribution < 1.29 is 23.9 Å². The first-order valence-corrected chi connectivity index (χ1v) is 15.3. The summed E-state index contributed by atoms with van der Waals surface area (Å²) in [5.41, 5.74) is 11.7. The smallest absolute Gasteiger partial charge is 0.278 e. The van der Waals surface area contributed by atoms with Crippen LogP contribution >= 0.6 is 0 Å². The molecule has 2 aliphatic rings. The Hall–Kier alpha value is -5.76. The van der Waals surface area contributed by atoms with Crippen LogP contribution in [0.5, 0.6) is 17.2 Å². The van der Waals surface area contributed by atoms with Gasteiger partial charge in [-0.1, -0.05) is 11.6 Å². The number of nitrogen functional groups attached to an aromatic ring is 1. The molecule has 2 N–H and O–H groups in total. The Morgan fingerprint density at radius 2 is 1.65 bits per heavy atom. The number of piperazine rings is 1. The van der Waals surface area contributed by atoms with Crippen LogP contribution in [0.3, 0.4) is 0 Å². The molecule has 0 atom stereocenters. The first kappa shape index (κ1) is 32.2. The number of nitrogens with two attached hydrogens (primary N) is 1. The highest BCUT2D eigenvalue weighted by Gasteiger charge is 2.36. The minimum atomic E-state index is -0.401. The number of benzene rings is 3. The van der Waals surface area contributed by atoms with Gasteiger partial charge in [-0.25, -0.2) is 9.98 Å². The van der Waals surface area contributed by atoms with Crippen molar-refractivity contribution in [2.45, 2.75) is 13.3 Å². The molecule has 14 heteroatoms. The maximum absolute atomic E-state index is 13.9. The minimum Gasteiger partial charge on any atom is -0.493 e. The molecule has 0 unspecified atom stereocenters. The molecule has 248 valence electrons. The number of nitro groups is 1. The molecule has 14 nitrogen and oxygen atoms in total. The molecular weight excluding hydrogens is 616 g/mol. The summed E-state index contributed by atoms with van der Waals surface area (Å²) in [6.45, 7) is 5.21. The zero-order valence-corrected chi connectivity index (χ0v) is 27.2. The number of anilines is 3. The molecule has 6 rings (SSSR count). The van der Waals surface area contributed by atoms with E-state index in [4.69, 9.17) is 19.9 Å². The van der Waals surface area contributed by atoms with E-state index < -0.39 is 4.92 Å². The summed E-state index contributed by atoms with van der Waals surface area (Å²) in [4.78, 5) is 44.1. The van der Waals surface area contributed by atoms with Crippen molar-refractivity contribution in [3.05, 3.63) is 93.2 Å². The highest BCUT2D eigenvalue weighted by Crippen LogP contribution is 2.39. The number of hydrogen-bond donors (Lipinski definition) is 1. The van der Waals surface area contributed by atoms with E-state index in [1.807, 2.05) is 37.3 Å². The highest BCUT2D eigenvalue weighted by atomic mass is 16.6. The quantitative estimate of drug-likeness (QED) is 0.194. The molecule has 4 aromatic rings. The summed E-state index contributed by atoms with van der Waals surface area (Å²) in [6.07, 6.45) is 2.02. The first-order valence-electron chi connectivity index (χ1n) is 15.3. The molecule has 2 aliphatic heterocycles. The van der Waals surface area contributed by atoms with E-state index in [2.05, 4.69) is 24.8 Å². The van der Waals surface area contributed by atoms with Crippen molar-refractivity contribution in [2.75, 3.05) is 69.7 Å². The normalized spacial score (nSPS) is 15.5. The maximum Gasteiger partial charge on any atom is 0.278 e. The van der Waals surface area contributed by atoms with Crippen LogP contribution < -0.4 is 29.7 Å². The molecule has 3 aromatic carbocycles. The van der Waals surface area contributed by atoms with E-state index in [9.17, 15) is 14.9 Å². The number of aliphatic imine (C=N–C) groups is 1. The fraction of sp³-hybridized carbons (Fsp3) is 0.294. The second kappa shape index (κ2) is 13.5. The van der Waals surface area contributed by atoms with Gasteiger partial charge in [0, 0.05) is 67.7 Å². The molecule has 0 spiro atoms. The first-order chi connectivity index (χ1) is 23.2. The Bertz CT molecular complexity index is 1860. The predicted molar refractivity (Wildman–Crippen MR) is 182 cm³/mol. The number of carbonyl (C=O) groups excluding carboxylic acids is 1. The minimum absolute atomic E-state index is 0.0657. The van der Waals surface area contributed by atoms with Crippen molar-refractivity contribution in [1.29, 1.82) is 0 Å². The van der Waals surface area contributed by atoms with Crippen molar-refractivity contribution >= 4 is 40.4 Å². The number of methoxy groups -OCH3 is 3. The van der Waals surface area contributed by atoms with Crippen molar-refractivity contribution in [1.82, 2.24) is 14.9 Å². The Balaban J connectivity index is 1.18. The number of hydrogen-bond acceptors (Lipinski definition) is 12. The van der Waals surface area contributed by atoms with Gasteiger partial charge in [0.2, 0.25) is 5.75 Å². The Morgan fingerprint density at radius 1 is 0.958 bits per heavy atom. The molecule has 1 amide bonds. The van der Waals surface area contributed by atoms with Crippen LogP contribution in [0, 0.1) is 17.0 Å². The number of aryl methyl sites for hydroxylation is 1. The van der Waals surface area contributed by atoms with Gasteiger partial charge in [-0.2, -0.15) is 4.98 Å². The number of amides is 1. The third-order valence-corrected chi connectivity index (χ3v) is 8.50. The highest BCUT2D eigenvalue weighted by molar-refractivity contribution is 6.54. The summed E-state index contributed by atoms with van der Waals surface area (Å²) in [5, 5.41) is 11.0.